The number of primary amides is 1. The van der Waals surface area contributed by atoms with Gasteiger partial charge in [0.2, 0.25) is 5.91 Å². The Kier molecular flexibility index (Phi) is 2.84. The summed E-state index contributed by atoms with van der Waals surface area (Å²) in [6.45, 7) is 0. The lowest BCUT2D eigenvalue weighted by molar-refractivity contribution is 0.100. The Morgan fingerprint density at radius 3 is 2.45 bits per heavy atom. The van der Waals surface area contributed by atoms with Gasteiger partial charge in [-0.05, 0) is 17.7 Å². The Hall–Kier alpha value is -2.88. The van der Waals surface area contributed by atoms with Gasteiger partial charge in [-0.25, -0.2) is 0 Å². The van der Waals surface area contributed by atoms with Crippen molar-refractivity contribution >= 4 is 22.5 Å². The number of para-hydroxylation sites is 1. The van der Waals surface area contributed by atoms with E-state index in [1.165, 1.54) is 0 Å². The number of anilines is 1. The molecule has 4 heteroatoms. The fourth-order valence-electron chi connectivity index (χ4n) is 2.31. The second-order valence-electron chi connectivity index (χ2n) is 4.51. The zero-order chi connectivity index (χ0) is 14.1. The molecule has 4 N–H and O–H groups in total. The molecule has 0 atom stereocenters. The molecule has 0 saturated heterocycles. The summed E-state index contributed by atoms with van der Waals surface area (Å²) >= 11 is 0. The number of nitrogens with zero attached hydrogens (tertiary/aromatic N) is 1. The Labute approximate surface area is 116 Å². The molecule has 3 rings (SSSR count). The lowest BCUT2D eigenvalue weighted by Crippen LogP contribution is -2.12. The second kappa shape index (κ2) is 4.66. The van der Waals surface area contributed by atoms with Crippen LogP contribution in [0.4, 0.5) is 5.69 Å². The molecule has 98 valence electrons. The van der Waals surface area contributed by atoms with E-state index in [2.05, 4.69) is 4.98 Å². The molecule has 2 aromatic carbocycles. The molecule has 1 aromatic heterocycles. The first-order valence-electron chi connectivity index (χ1n) is 6.21. The molecular weight excluding hydrogens is 250 g/mol. The number of carbonyl (C=O) groups is 1. The van der Waals surface area contributed by atoms with Crippen LogP contribution in [0.3, 0.4) is 0 Å². The molecule has 0 radical (unpaired) electrons. The van der Waals surface area contributed by atoms with E-state index < -0.39 is 5.91 Å². The van der Waals surface area contributed by atoms with E-state index in [9.17, 15) is 4.79 Å². The van der Waals surface area contributed by atoms with Crippen LogP contribution in [0.15, 0.2) is 54.7 Å². The summed E-state index contributed by atoms with van der Waals surface area (Å²) in [5.74, 6) is -0.479. The Bertz CT molecular complexity index is 812. The number of fused-ring (bicyclic) bond motifs is 1. The van der Waals surface area contributed by atoms with Gasteiger partial charge < -0.3 is 11.5 Å². The van der Waals surface area contributed by atoms with Gasteiger partial charge in [-0.15, -0.1) is 0 Å². The average molecular weight is 263 g/mol. The number of amides is 1. The van der Waals surface area contributed by atoms with Crippen LogP contribution < -0.4 is 11.5 Å². The molecular formula is C16H13N3O. The molecule has 0 aliphatic carbocycles. The highest BCUT2D eigenvalue weighted by molar-refractivity contribution is 6.04. The number of hydrogen-bond acceptors (Lipinski definition) is 3. The monoisotopic (exact) mass is 263 g/mol. The van der Waals surface area contributed by atoms with Crippen molar-refractivity contribution in [2.75, 3.05) is 5.73 Å². The lowest BCUT2D eigenvalue weighted by atomic mass is 9.97. The molecule has 3 aromatic rings. The molecule has 0 spiro atoms. The minimum absolute atomic E-state index is 0.441. The van der Waals surface area contributed by atoms with Crippen molar-refractivity contribution in [3.05, 3.63) is 60.3 Å². The van der Waals surface area contributed by atoms with E-state index in [4.69, 9.17) is 11.5 Å². The summed E-state index contributed by atoms with van der Waals surface area (Å²) in [4.78, 5) is 15.9. The third kappa shape index (κ3) is 1.87. The number of nitrogens with two attached hydrogens (primary N) is 2. The number of carbonyl (C=O) groups excluding carboxylic acids is 1. The zero-order valence-corrected chi connectivity index (χ0v) is 10.7. The van der Waals surface area contributed by atoms with E-state index in [1.807, 2.05) is 36.4 Å². The fourth-order valence-corrected chi connectivity index (χ4v) is 2.31. The van der Waals surface area contributed by atoms with Crippen LogP contribution in [0.1, 0.15) is 10.4 Å². The van der Waals surface area contributed by atoms with Gasteiger partial charge in [-0.3, -0.25) is 9.78 Å². The molecule has 0 unspecified atom stereocenters. The van der Waals surface area contributed by atoms with Crippen molar-refractivity contribution in [2.45, 2.75) is 0 Å². The Morgan fingerprint density at radius 2 is 1.65 bits per heavy atom. The van der Waals surface area contributed by atoms with Gasteiger partial charge >= 0.3 is 0 Å². The van der Waals surface area contributed by atoms with Crippen LogP contribution >= 0.6 is 0 Å². The SMILES string of the molecule is NC(=O)c1ccccc1-c1cnc2ccccc2c1N. The summed E-state index contributed by atoms with van der Waals surface area (Å²) < 4.78 is 0. The summed E-state index contributed by atoms with van der Waals surface area (Å²) in [6, 6.07) is 14.7. The minimum Gasteiger partial charge on any atom is -0.398 e. The first-order valence-corrected chi connectivity index (χ1v) is 6.21. The standard InChI is InChI=1S/C16H13N3O/c17-15-12-7-3-4-8-14(12)19-9-13(15)10-5-1-2-6-11(10)16(18)20/h1-9H,(H2,17,19)(H2,18,20). The molecule has 0 aliphatic heterocycles. The maximum atomic E-state index is 11.5. The van der Waals surface area contributed by atoms with Crippen LogP contribution in [0.2, 0.25) is 0 Å². The molecule has 0 aliphatic rings. The van der Waals surface area contributed by atoms with Crippen molar-refractivity contribution in [3.8, 4) is 11.1 Å². The first-order chi connectivity index (χ1) is 9.68. The fraction of sp³-hybridized carbons (Fsp3) is 0. The predicted molar refractivity (Wildman–Crippen MR) is 80.1 cm³/mol. The maximum absolute atomic E-state index is 11.5. The van der Waals surface area contributed by atoms with Crippen LogP contribution in [-0.2, 0) is 0 Å². The Balaban J connectivity index is 2.31. The van der Waals surface area contributed by atoms with Gasteiger partial charge in [0.05, 0.1) is 11.2 Å². The van der Waals surface area contributed by atoms with E-state index in [1.54, 1.807) is 18.3 Å². The van der Waals surface area contributed by atoms with Gasteiger partial charge in [0.15, 0.2) is 0 Å². The number of benzene rings is 2. The lowest BCUT2D eigenvalue weighted by Gasteiger charge is -2.11. The van der Waals surface area contributed by atoms with Gasteiger partial charge in [0.1, 0.15) is 0 Å². The van der Waals surface area contributed by atoms with Crippen molar-refractivity contribution in [2.24, 2.45) is 5.73 Å². The van der Waals surface area contributed by atoms with Crippen molar-refractivity contribution in [1.82, 2.24) is 4.98 Å². The summed E-state index contributed by atoms with van der Waals surface area (Å²) in [5.41, 5.74) is 14.9. The third-order valence-corrected chi connectivity index (χ3v) is 3.30. The topological polar surface area (TPSA) is 82.0 Å². The van der Waals surface area contributed by atoms with E-state index in [-0.39, 0.29) is 0 Å². The molecule has 1 heterocycles. The average Bonchev–Trinajstić information content (AvgIpc) is 2.48. The molecule has 1 amide bonds. The van der Waals surface area contributed by atoms with Crippen LogP contribution in [0.25, 0.3) is 22.0 Å². The van der Waals surface area contributed by atoms with Crippen molar-refractivity contribution in [1.29, 1.82) is 0 Å². The highest BCUT2D eigenvalue weighted by atomic mass is 16.1. The highest BCUT2D eigenvalue weighted by Gasteiger charge is 2.13. The quantitative estimate of drug-likeness (QED) is 0.745. The van der Waals surface area contributed by atoms with Gasteiger partial charge in [0.25, 0.3) is 0 Å². The smallest absolute Gasteiger partial charge is 0.249 e. The molecule has 0 bridgehead atoms. The normalized spacial score (nSPS) is 10.6. The van der Waals surface area contributed by atoms with Crippen LogP contribution in [0, 0.1) is 0 Å². The third-order valence-electron chi connectivity index (χ3n) is 3.30. The number of hydrogen-bond donors (Lipinski definition) is 2. The molecule has 0 fully saturated rings. The molecule has 0 saturated carbocycles. The van der Waals surface area contributed by atoms with E-state index in [0.717, 1.165) is 16.5 Å². The molecule has 4 nitrogen and oxygen atoms in total. The van der Waals surface area contributed by atoms with Crippen molar-refractivity contribution < 1.29 is 4.79 Å². The predicted octanol–water partition coefficient (Wildman–Crippen LogP) is 2.58. The maximum Gasteiger partial charge on any atom is 0.249 e. The number of pyridine rings is 1. The number of aromatic nitrogens is 1. The highest BCUT2D eigenvalue weighted by Crippen LogP contribution is 2.32. The number of nitrogen functional groups attached to an aromatic ring is 1. The Morgan fingerprint density at radius 1 is 0.950 bits per heavy atom. The molecule has 20 heavy (non-hydrogen) atoms. The minimum atomic E-state index is -0.479. The van der Waals surface area contributed by atoms with Crippen LogP contribution in [0.5, 0.6) is 0 Å². The van der Waals surface area contributed by atoms with E-state index in [0.29, 0.717) is 16.8 Å². The summed E-state index contributed by atoms with van der Waals surface area (Å²) in [7, 11) is 0. The van der Waals surface area contributed by atoms with Gasteiger partial charge in [-0.2, -0.15) is 0 Å². The largest absolute Gasteiger partial charge is 0.398 e. The van der Waals surface area contributed by atoms with Gasteiger partial charge in [0, 0.05) is 22.7 Å². The first kappa shape index (κ1) is 12.2. The second-order valence-corrected chi connectivity index (χ2v) is 4.51. The summed E-state index contributed by atoms with van der Waals surface area (Å²) in [5, 5.41) is 0.865. The van der Waals surface area contributed by atoms with Crippen LogP contribution in [-0.4, -0.2) is 10.9 Å². The zero-order valence-electron chi connectivity index (χ0n) is 10.7. The van der Waals surface area contributed by atoms with E-state index >= 15 is 0 Å². The van der Waals surface area contributed by atoms with Gasteiger partial charge in [-0.1, -0.05) is 36.4 Å². The van der Waals surface area contributed by atoms with Crippen molar-refractivity contribution in [3.63, 3.8) is 0 Å². The number of rotatable bonds is 2. The summed E-state index contributed by atoms with van der Waals surface area (Å²) in [6.07, 6.45) is 1.68.